The van der Waals surface area contributed by atoms with Gasteiger partial charge in [0, 0.05) is 24.5 Å². The Kier molecular flexibility index (Phi) is 12.3. The van der Waals surface area contributed by atoms with Crippen molar-refractivity contribution >= 4 is 46.9 Å². The summed E-state index contributed by atoms with van der Waals surface area (Å²) in [6, 6.07) is 19.3. The van der Waals surface area contributed by atoms with Gasteiger partial charge < -0.3 is 0 Å². The van der Waals surface area contributed by atoms with Gasteiger partial charge in [0.15, 0.2) is 0 Å². The lowest BCUT2D eigenvalue weighted by Gasteiger charge is -2.07. The van der Waals surface area contributed by atoms with Crippen molar-refractivity contribution in [3.05, 3.63) is 93.1 Å². The maximum Gasteiger partial charge on any atom is 0.416 e. The first-order chi connectivity index (χ1) is 13.3. The smallest absolute Gasteiger partial charge is 0.298 e. The van der Waals surface area contributed by atoms with Crippen LogP contribution in [0.2, 0.25) is 0 Å². The lowest BCUT2D eigenvalue weighted by Crippen LogP contribution is -2.03. The highest BCUT2D eigenvalue weighted by Crippen LogP contribution is 2.33. The highest BCUT2D eigenvalue weighted by molar-refractivity contribution is 14.1. The molecule has 0 radical (unpaired) electrons. The molecule has 3 rings (SSSR count). The zero-order valence-electron chi connectivity index (χ0n) is 14.3. The Morgan fingerprint density at radius 3 is 1.73 bits per heavy atom. The van der Waals surface area contributed by atoms with Gasteiger partial charge >= 0.3 is 6.18 Å². The van der Waals surface area contributed by atoms with Crippen LogP contribution in [0.25, 0.3) is 0 Å². The fraction of sp³-hybridized carbons (Fsp3) is 0.130. The summed E-state index contributed by atoms with van der Waals surface area (Å²) in [5.74, 6) is 0. The minimum Gasteiger partial charge on any atom is -0.298 e. The van der Waals surface area contributed by atoms with Crippen LogP contribution in [0.5, 0.6) is 0 Å². The lowest BCUT2D eigenvalue weighted by molar-refractivity contribution is -0.137. The van der Waals surface area contributed by atoms with E-state index in [4.69, 9.17) is 0 Å². The fourth-order valence-electron chi connectivity index (χ4n) is 2.08. The van der Waals surface area contributed by atoms with Crippen LogP contribution < -0.4 is 0 Å². The summed E-state index contributed by atoms with van der Waals surface area (Å²) in [6.07, 6.45) is -2.74. The Balaban J connectivity index is 0.000000652. The molecular formula is C23H22F3IO2S. The van der Waals surface area contributed by atoms with Gasteiger partial charge in [0.25, 0.3) is 0 Å². The van der Waals surface area contributed by atoms with Crippen LogP contribution in [0, 0.1) is 3.57 Å². The molecule has 0 saturated heterocycles. The molecule has 0 saturated carbocycles. The number of alkyl halides is 3. The van der Waals surface area contributed by atoms with E-state index in [1.54, 1.807) is 30.3 Å². The van der Waals surface area contributed by atoms with Gasteiger partial charge in [-0.25, -0.2) is 0 Å². The predicted molar refractivity (Wildman–Crippen MR) is 125 cm³/mol. The van der Waals surface area contributed by atoms with E-state index < -0.39 is 11.7 Å². The highest BCUT2D eigenvalue weighted by atomic mass is 127. The molecule has 3 aromatic carbocycles. The summed E-state index contributed by atoms with van der Waals surface area (Å²) in [5, 5.41) is 0. The van der Waals surface area contributed by atoms with E-state index in [9.17, 15) is 22.8 Å². The number of carbonyl (C=O) groups is 2. The molecule has 160 valence electrons. The molecule has 0 atom stereocenters. The SMILES string of the molecule is C.C.O=Cc1cccc(I)c1.O=Cc1cccc(Sc2ccc(C(F)(F)F)cc2)c1. The molecule has 0 unspecified atom stereocenters. The average molecular weight is 546 g/mol. The third kappa shape index (κ3) is 9.13. The van der Waals surface area contributed by atoms with E-state index in [1.807, 2.05) is 18.2 Å². The zero-order chi connectivity index (χ0) is 20.6. The minimum atomic E-state index is -4.32. The van der Waals surface area contributed by atoms with Crippen LogP contribution >= 0.6 is 34.4 Å². The maximum atomic E-state index is 12.4. The molecule has 0 aliphatic rings. The summed E-state index contributed by atoms with van der Waals surface area (Å²) in [6.45, 7) is 0. The van der Waals surface area contributed by atoms with Gasteiger partial charge in [-0.1, -0.05) is 50.9 Å². The second-order valence-electron chi connectivity index (χ2n) is 5.49. The molecule has 0 fully saturated rings. The van der Waals surface area contributed by atoms with Crippen LogP contribution in [-0.4, -0.2) is 12.6 Å². The topological polar surface area (TPSA) is 34.1 Å². The van der Waals surface area contributed by atoms with Crippen LogP contribution in [0.15, 0.2) is 82.6 Å². The summed E-state index contributed by atoms with van der Waals surface area (Å²) in [7, 11) is 0. The molecule has 0 aliphatic heterocycles. The van der Waals surface area contributed by atoms with E-state index in [0.29, 0.717) is 10.5 Å². The Bertz CT molecular complexity index is 942. The Hall–Kier alpha value is -2.13. The molecule has 0 spiro atoms. The number of carbonyl (C=O) groups excluding carboxylic acids is 2. The summed E-state index contributed by atoms with van der Waals surface area (Å²) >= 11 is 3.48. The van der Waals surface area contributed by atoms with E-state index >= 15 is 0 Å². The second-order valence-corrected chi connectivity index (χ2v) is 7.88. The van der Waals surface area contributed by atoms with E-state index in [-0.39, 0.29) is 14.9 Å². The fourth-order valence-corrected chi connectivity index (χ4v) is 3.53. The molecule has 0 aliphatic carbocycles. The van der Waals surface area contributed by atoms with Crippen LogP contribution in [0.4, 0.5) is 13.2 Å². The zero-order valence-corrected chi connectivity index (χ0v) is 17.3. The summed E-state index contributed by atoms with van der Waals surface area (Å²) in [5.41, 5.74) is 0.609. The van der Waals surface area contributed by atoms with Crippen LogP contribution in [-0.2, 0) is 6.18 Å². The molecule has 0 aromatic heterocycles. The van der Waals surface area contributed by atoms with Crippen molar-refractivity contribution in [1.29, 1.82) is 0 Å². The first-order valence-corrected chi connectivity index (χ1v) is 9.82. The van der Waals surface area contributed by atoms with E-state index in [1.165, 1.54) is 23.9 Å². The number of hydrogen-bond acceptors (Lipinski definition) is 3. The van der Waals surface area contributed by atoms with Crippen molar-refractivity contribution in [3.8, 4) is 0 Å². The molecule has 7 heteroatoms. The minimum absolute atomic E-state index is 0. The van der Waals surface area contributed by atoms with E-state index in [0.717, 1.165) is 38.7 Å². The van der Waals surface area contributed by atoms with Crippen LogP contribution in [0.1, 0.15) is 41.1 Å². The largest absolute Gasteiger partial charge is 0.416 e. The second kappa shape index (κ2) is 13.2. The molecule has 30 heavy (non-hydrogen) atoms. The molecular weight excluding hydrogens is 524 g/mol. The number of benzene rings is 3. The highest BCUT2D eigenvalue weighted by Gasteiger charge is 2.29. The third-order valence-electron chi connectivity index (χ3n) is 3.40. The van der Waals surface area contributed by atoms with Crippen molar-refractivity contribution in [2.24, 2.45) is 0 Å². The number of hydrogen-bond donors (Lipinski definition) is 0. The molecule has 3 aromatic rings. The lowest BCUT2D eigenvalue weighted by atomic mass is 10.2. The normalized spacial score (nSPS) is 9.87. The first-order valence-electron chi connectivity index (χ1n) is 7.93. The van der Waals surface area contributed by atoms with E-state index in [2.05, 4.69) is 22.6 Å². The number of rotatable bonds is 4. The molecule has 0 heterocycles. The van der Waals surface area contributed by atoms with Gasteiger partial charge in [0.1, 0.15) is 12.6 Å². The van der Waals surface area contributed by atoms with Gasteiger partial charge in [-0.2, -0.15) is 13.2 Å². The number of aldehydes is 2. The van der Waals surface area contributed by atoms with Crippen molar-refractivity contribution in [1.82, 2.24) is 0 Å². The van der Waals surface area contributed by atoms with Crippen molar-refractivity contribution < 1.29 is 22.8 Å². The van der Waals surface area contributed by atoms with Gasteiger partial charge in [-0.05, 0) is 71.1 Å². The van der Waals surface area contributed by atoms with Gasteiger partial charge in [-0.15, -0.1) is 0 Å². The Labute approximate surface area is 193 Å². The van der Waals surface area contributed by atoms with Gasteiger partial charge in [0.05, 0.1) is 5.56 Å². The molecule has 0 N–H and O–H groups in total. The average Bonchev–Trinajstić information content (AvgIpc) is 2.68. The standard InChI is InChI=1S/C14H9F3OS.C7H5IO.2CH4/c15-14(16,17)11-4-6-12(7-5-11)19-13-3-1-2-10(8-13)9-18;8-7-3-1-2-6(4-7)5-9;;/h1-9H;1-5H;2*1H4. The monoisotopic (exact) mass is 546 g/mol. The quantitative estimate of drug-likeness (QED) is 0.245. The predicted octanol–water partition coefficient (Wildman–Crippen LogP) is 8.05. The van der Waals surface area contributed by atoms with Gasteiger partial charge in [0.2, 0.25) is 0 Å². The summed E-state index contributed by atoms with van der Waals surface area (Å²) in [4.78, 5) is 22.3. The summed E-state index contributed by atoms with van der Waals surface area (Å²) < 4.78 is 38.3. The third-order valence-corrected chi connectivity index (χ3v) is 5.06. The number of halogens is 4. The van der Waals surface area contributed by atoms with Gasteiger partial charge in [-0.3, -0.25) is 9.59 Å². The van der Waals surface area contributed by atoms with Crippen LogP contribution in [0.3, 0.4) is 0 Å². The first kappa shape index (κ1) is 27.9. The Morgan fingerprint density at radius 1 is 0.733 bits per heavy atom. The maximum absolute atomic E-state index is 12.4. The van der Waals surface area contributed by atoms with Crippen molar-refractivity contribution in [3.63, 3.8) is 0 Å². The molecule has 0 bridgehead atoms. The molecule has 2 nitrogen and oxygen atoms in total. The molecule has 0 amide bonds. The van der Waals surface area contributed by atoms with Crippen molar-refractivity contribution in [2.45, 2.75) is 30.8 Å². The Morgan fingerprint density at radius 2 is 1.27 bits per heavy atom. The van der Waals surface area contributed by atoms with Crippen molar-refractivity contribution in [2.75, 3.05) is 0 Å².